The van der Waals surface area contributed by atoms with Crippen molar-refractivity contribution in [3.63, 3.8) is 0 Å². The molecule has 0 aliphatic heterocycles. The van der Waals surface area contributed by atoms with Gasteiger partial charge < -0.3 is 10.6 Å². The highest BCUT2D eigenvalue weighted by Gasteiger charge is 2.20. The number of benzene rings is 2. The number of nitrogens with zero attached hydrogens (tertiary/aromatic N) is 1. The molecule has 6 nitrogen and oxygen atoms in total. The van der Waals surface area contributed by atoms with Crippen LogP contribution in [0.3, 0.4) is 0 Å². The Morgan fingerprint density at radius 2 is 1.68 bits per heavy atom. The fourth-order valence-electron chi connectivity index (χ4n) is 3.90. The maximum Gasteiger partial charge on any atom is 0.267 e. The zero-order chi connectivity index (χ0) is 21.8. The van der Waals surface area contributed by atoms with E-state index in [1.54, 1.807) is 48.7 Å². The molecular weight excluding hydrogens is 390 g/mol. The van der Waals surface area contributed by atoms with Crippen molar-refractivity contribution in [1.82, 2.24) is 9.88 Å². The summed E-state index contributed by atoms with van der Waals surface area (Å²) in [7, 11) is 0. The van der Waals surface area contributed by atoms with Crippen molar-refractivity contribution < 1.29 is 9.59 Å². The number of anilines is 1. The number of carbonyl (C=O) groups is 2. The number of carbonyl (C=O) groups excluding carboxylic acids is 2. The molecule has 2 N–H and O–H groups in total. The monoisotopic (exact) mass is 415 g/mol. The van der Waals surface area contributed by atoms with E-state index >= 15 is 0 Å². The van der Waals surface area contributed by atoms with Crippen LogP contribution in [0.1, 0.15) is 52.0 Å². The number of amides is 2. The Balaban J connectivity index is 1.50. The third-order valence-corrected chi connectivity index (χ3v) is 5.57. The van der Waals surface area contributed by atoms with Gasteiger partial charge >= 0.3 is 0 Å². The third-order valence-electron chi connectivity index (χ3n) is 5.57. The molecule has 4 rings (SSSR count). The van der Waals surface area contributed by atoms with Gasteiger partial charge in [-0.2, -0.15) is 0 Å². The molecule has 0 saturated heterocycles. The summed E-state index contributed by atoms with van der Waals surface area (Å²) in [6.07, 6.45) is 5.77. The number of aromatic nitrogens is 1. The molecule has 3 aromatic rings. The Hall–Kier alpha value is -3.67. The zero-order valence-corrected chi connectivity index (χ0v) is 17.4. The fourth-order valence-corrected chi connectivity index (χ4v) is 3.90. The SMILES string of the molecule is Cc1cccc(C(=O)Nc2ccc(-n3cccc(C(=O)NC4CCCC4)c3=O)cc2)c1. The first-order chi connectivity index (χ1) is 15.0. The van der Waals surface area contributed by atoms with Gasteiger partial charge in [0.1, 0.15) is 5.56 Å². The lowest BCUT2D eigenvalue weighted by molar-refractivity contribution is 0.0935. The van der Waals surface area contributed by atoms with E-state index in [0.717, 1.165) is 31.2 Å². The number of hydrogen-bond donors (Lipinski definition) is 2. The molecule has 2 amide bonds. The lowest BCUT2D eigenvalue weighted by atomic mass is 10.1. The highest BCUT2D eigenvalue weighted by atomic mass is 16.2. The predicted octanol–water partition coefficient (Wildman–Crippen LogP) is 4.07. The molecule has 158 valence electrons. The van der Waals surface area contributed by atoms with Crippen molar-refractivity contribution in [3.8, 4) is 5.69 Å². The van der Waals surface area contributed by atoms with Crippen LogP contribution in [0.2, 0.25) is 0 Å². The smallest absolute Gasteiger partial charge is 0.267 e. The molecule has 1 heterocycles. The van der Waals surface area contributed by atoms with E-state index in [9.17, 15) is 14.4 Å². The van der Waals surface area contributed by atoms with Crippen molar-refractivity contribution in [2.75, 3.05) is 5.32 Å². The molecular formula is C25H25N3O3. The van der Waals surface area contributed by atoms with E-state index in [2.05, 4.69) is 10.6 Å². The van der Waals surface area contributed by atoms with Crippen molar-refractivity contribution in [3.05, 3.63) is 93.9 Å². The summed E-state index contributed by atoms with van der Waals surface area (Å²) in [6, 6.07) is 17.7. The molecule has 1 saturated carbocycles. The third kappa shape index (κ3) is 4.74. The number of nitrogens with one attached hydrogen (secondary N) is 2. The lowest BCUT2D eigenvalue weighted by Gasteiger charge is -2.13. The Labute approximate surface area is 180 Å². The van der Waals surface area contributed by atoms with Crippen LogP contribution in [-0.2, 0) is 0 Å². The van der Waals surface area contributed by atoms with E-state index in [1.807, 2.05) is 25.1 Å². The Morgan fingerprint density at radius 1 is 0.935 bits per heavy atom. The van der Waals surface area contributed by atoms with E-state index in [0.29, 0.717) is 16.9 Å². The van der Waals surface area contributed by atoms with Crippen molar-refractivity contribution in [1.29, 1.82) is 0 Å². The minimum atomic E-state index is -0.366. The van der Waals surface area contributed by atoms with Gasteiger partial charge in [0, 0.05) is 29.2 Å². The summed E-state index contributed by atoms with van der Waals surface area (Å²) < 4.78 is 1.44. The summed E-state index contributed by atoms with van der Waals surface area (Å²) >= 11 is 0. The first-order valence-electron chi connectivity index (χ1n) is 10.5. The minimum Gasteiger partial charge on any atom is -0.349 e. The van der Waals surface area contributed by atoms with E-state index in [1.165, 1.54) is 4.57 Å². The van der Waals surface area contributed by atoms with Gasteiger partial charge in [-0.05, 0) is 68.3 Å². The van der Waals surface area contributed by atoms with Crippen LogP contribution in [0.15, 0.2) is 71.7 Å². The van der Waals surface area contributed by atoms with Gasteiger partial charge in [0.15, 0.2) is 0 Å². The molecule has 2 aromatic carbocycles. The second-order valence-corrected chi connectivity index (χ2v) is 7.92. The number of aryl methyl sites for hydroxylation is 1. The summed E-state index contributed by atoms with van der Waals surface area (Å²) in [4.78, 5) is 37.9. The zero-order valence-electron chi connectivity index (χ0n) is 17.4. The van der Waals surface area contributed by atoms with Crippen LogP contribution in [-0.4, -0.2) is 22.4 Å². The molecule has 0 atom stereocenters. The number of rotatable bonds is 5. The van der Waals surface area contributed by atoms with E-state index < -0.39 is 0 Å². The lowest BCUT2D eigenvalue weighted by Crippen LogP contribution is -2.37. The topological polar surface area (TPSA) is 80.2 Å². The molecule has 0 spiro atoms. The molecule has 1 aliphatic rings. The van der Waals surface area contributed by atoms with Crippen molar-refractivity contribution >= 4 is 17.5 Å². The second kappa shape index (κ2) is 9.00. The first-order valence-corrected chi connectivity index (χ1v) is 10.5. The molecule has 0 bridgehead atoms. The van der Waals surface area contributed by atoms with Gasteiger partial charge in [-0.1, -0.05) is 30.5 Å². The van der Waals surface area contributed by atoms with Gasteiger partial charge in [-0.25, -0.2) is 0 Å². The molecule has 1 aromatic heterocycles. The predicted molar refractivity (Wildman–Crippen MR) is 121 cm³/mol. The summed E-state index contributed by atoms with van der Waals surface area (Å²) in [6.45, 7) is 1.94. The highest BCUT2D eigenvalue weighted by Crippen LogP contribution is 2.18. The van der Waals surface area contributed by atoms with E-state index in [-0.39, 0.29) is 29.0 Å². The average molecular weight is 415 g/mol. The van der Waals surface area contributed by atoms with Crippen molar-refractivity contribution in [2.45, 2.75) is 38.6 Å². The van der Waals surface area contributed by atoms with Crippen molar-refractivity contribution in [2.24, 2.45) is 0 Å². The summed E-state index contributed by atoms with van der Waals surface area (Å²) in [5.41, 5.74) is 2.61. The fraction of sp³-hybridized carbons (Fsp3) is 0.240. The molecule has 6 heteroatoms. The average Bonchev–Trinajstić information content (AvgIpc) is 3.27. The molecule has 0 radical (unpaired) electrons. The van der Waals surface area contributed by atoms with Gasteiger partial charge in [0.05, 0.1) is 0 Å². The standard InChI is InChI=1S/C25H25N3O3/c1-17-6-4-7-18(16-17)23(29)26-20-11-13-21(14-12-20)28-15-5-10-22(25(28)31)24(30)27-19-8-2-3-9-19/h4-7,10-16,19H,2-3,8-9H2,1H3,(H,26,29)(H,27,30). The quantitative estimate of drug-likeness (QED) is 0.659. The molecule has 0 unspecified atom stereocenters. The van der Waals surface area contributed by atoms with Crippen LogP contribution in [0.4, 0.5) is 5.69 Å². The molecule has 1 fully saturated rings. The Morgan fingerprint density at radius 3 is 2.39 bits per heavy atom. The summed E-state index contributed by atoms with van der Waals surface area (Å²) in [5, 5.41) is 5.82. The largest absolute Gasteiger partial charge is 0.349 e. The summed E-state index contributed by atoms with van der Waals surface area (Å²) in [5.74, 6) is -0.521. The van der Waals surface area contributed by atoms with Gasteiger partial charge in [-0.15, -0.1) is 0 Å². The highest BCUT2D eigenvalue weighted by molar-refractivity contribution is 6.04. The minimum absolute atomic E-state index is 0.131. The molecule has 1 aliphatic carbocycles. The Bertz CT molecular complexity index is 1160. The van der Waals surface area contributed by atoms with Crippen LogP contribution < -0.4 is 16.2 Å². The Kier molecular flexibility index (Phi) is 5.98. The maximum atomic E-state index is 12.9. The van der Waals surface area contributed by atoms with Gasteiger partial charge in [-0.3, -0.25) is 19.0 Å². The van der Waals surface area contributed by atoms with Crippen LogP contribution in [0.25, 0.3) is 5.69 Å². The maximum absolute atomic E-state index is 12.9. The normalized spacial score (nSPS) is 13.7. The second-order valence-electron chi connectivity index (χ2n) is 7.92. The van der Waals surface area contributed by atoms with Gasteiger partial charge in [0.2, 0.25) is 0 Å². The van der Waals surface area contributed by atoms with Crippen LogP contribution in [0, 0.1) is 6.92 Å². The first kappa shape index (κ1) is 20.6. The molecule has 31 heavy (non-hydrogen) atoms. The number of hydrogen-bond acceptors (Lipinski definition) is 3. The number of pyridine rings is 1. The van der Waals surface area contributed by atoms with Crippen LogP contribution in [0.5, 0.6) is 0 Å². The van der Waals surface area contributed by atoms with Crippen LogP contribution >= 0.6 is 0 Å². The van der Waals surface area contributed by atoms with Gasteiger partial charge in [0.25, 0.3) is 17.4 Å². The van der Waals surface area contributed by atoms with E-state index in [4.69, 9.17) is 0 Å².